The average Bonchev–Trinajstić information content (AvgIpc) is 3.39. The number of fused-ring (bicyclic) bond motifs is 1. The Morgan fingerprint density at radius 2 is 1.84 bits per heavy atom. The fraction of sp³-hybridized carbons (Fsp3) is 0.344. The van der Waals surface area contributed by atoms with Crippen molar-refractivity contribution in [1.29, 1.82) is 5.41 Å². The highest BCUT2D eigenvalue weighted by molar-refractivity contribution is 7.10. The Labute approximate surface area is 283 Å². The summed E-state index contributed by atoms with van der Waals surface area (Å²) >= 11 is 1.25. The standard InChI is InChI=1S/C32H33FN8O7S/c1-18(25-12-20(16-49-25)28(34)39-31(45)46)38-30(44)24-13-32(17-47-11-10-37-40-35)14-26(32)41(24)27(42)15-36-29(43)19-2-6-22(7-3-19)48-23-8-4-21(33)5-9-23/h2-9,12,16,18,24,26H,10-11,13-15,17H2,1H3,(H2,34,39)(H,36,43)(H,38,44)(H,45,46)/t18-,24+,26+,32-/m1/s1. The lowest BCUT2D eigenvalue weighted by atomic mass is 10.00. The Balaban J connectivity index is 1.22. The first-order valence-electron chi connectivity index (χ1n) is 15.2. The third kappa shape index (κ3) is 8.51. The summed E-state index contributed by atoms with van der Waals surface area (Å²) in [6.07, 6.45) is -0.423. The van der Waals surface area contributed by atoms with Gasteiger partial charge in [0.25, 0.3) is 5.91 Å². The topological polar surface area (TPSA) is 219 Å². The third-order valence-corrected chi connectivity index (χ3v) is 9.40. The van der Waals surface area contributed by atoms with Crippen LogP contribution in [0.5, 0.6) is 11.5 Å². The maximum Gasteiger partial charge on any atom is 0.410 e. The van der Waals surface area contributed by atoms with Gasteiger partial charge in [0.2, 0.25) is 11.8 Å². The number of ether oxygens (including phenoxy) is 2. The SMILES string of the molecule is C[C@@H](NC(=O)[C@@H]1C[C@]2(COCCN=[N+]=[N-])C[C@@H]2N1C(=O)CNC(=O)c1ccc(Oc2ccc(F)cc2)cc1)c1cc(C(=N)NC(=O)O)cs1. The quantitative estimate of drug-likeness (QED) is 0.0404. The molecule has 256 valence electrons. The van der Waals surface area contributed by atoms with Gasteiger partial charge in [-0.25, -0.2) is 9.18 Å². The largest absolute Gasteiger partial charge is 0.465 e. The number of likely N-dealkylation sites (tertiary alicyclic amines) is 1. The number of thiophene rings is 1. The maximum atomic E-state index is 13.6. The second-order valence-corrected chi connectivity index (χ2v) is 12.6. The number of benzene rings is 2. The van der Waals surface area contributed by atoms with E-state index in [0.29, 0.717) is 34.8 Å². The van der Waals surface area contributed by atoms with E-state index in [1.54, 1.807) is 30.5 Å². The van der Waals surface area contributed by atoms with Gasteiger partial charge in [0, 0.05) is 44.3 Å². The molecule has 4 atom stereocenters. The summed E-state index contributed by atoms with van der Waals surface area (Å²) in [6.45, 7) is 1.98. The summed E-state index contributed by atoms with van der Waals surface area (Å²) in [7, 11) is 0. The number of carbonyl (C=O) groups is 4. The molecular weight excluding hydrogens is 659 g/mol. The number of rotatable bonds is 14. The van der Waals surface area contributed by atoms with Crippen LogP contribution in [0.2, 0.25) is 0 Å². The fourth-order valence-corrected chi connectivity index (χ4v) is 6.69. The molecule has 1 saturated carbocycles. The summed E-state index contributed by atoms with van der Waals surface area (Å²) in [5, 5.41) is 29.4. The van der Waals surface area contributed by atoms with Crippen LogP contribution in [0.3, 0.4) is 0 Å². The van der Waals surface area contributed by atoms with Crippen molar-refractivity contribution >= 4 is 41.0 Å². The third-order valence-electron chi connectivity index (χ3n) is 8.29. The van der Waals surface area contributed by atoms with E-state index in [1.807, 2.05) is 5.32 Å². The number of hydrogen-bond donors (Lipinski definition) is 5. The number of halogens is 1. The van der Waals surface area contributed by atoms with E-state index in [0.717, 1.165) is 0 Å². The molecule has 2 aromatic carbocycles. The van der Waals surface area contributed by atoms with Crippen molar-refractivity contribution in [2.24, 2.45) is 10.5 Å². The fourth-order valence-electron chi connectivity index (χ4n) is 5.78. The van der Waals surface area contributed by atoms with Gasteiger partial charge in [-0.2, -0.15) is 0 Å². The number of nitrogens with zero attached hydrogens (tertiary/aromatic N) is 4. The Bertz CT molecular complexity index is 1780. The minimum Gasteiger partial charge on any atom is -0.465 e. The minimum absolute atomic E-state index is 0.148. The van der Waals surface area contributed by atoms with E-state index in [4.69, 9.17) is 25.5 Å². The van der Waals surface area contributed by atoms with E-state index in [1.165, 1.54) is 52.6 Å². The van der Waals surface area contributed by atoms with Gasteiger partial charge in [-0.05, 0) is 79.9 Å². The first kappa shape index (κ1) is 34.8. The molecule has 15 nitrogen and oxygen atoms in total. The summed E-state index contributed by atoms with van der Waals surface area (Å²) in [5.41, 5.74) is 8.68. The van der Waals surface area contributed by atoms with Crippen LogP contribution in [0.4, 0.5) is 9.18 Å². The zero-order valence-electron chi connectivity index (χ0n) is 26.2. The van der Waals surface area contributed by atoms with Crippen LogP contribution in [-0.4, -0.2) is 78.0 Å². The molecule has 0 spiro atoms. The molecule has 1 aliphatic heterocycles. The monoisotopic (exact) mass is 692 g/mol. The first-order chi connectivity index (χ1) is 23.5. The van der Waals surface area contributed by atoms with E-state index < -0.39 is 47.1 Å². The van der Waals surface area contributed by atoms with Crippen molar-refractivity contribution in [3.8, 4) is 11.5 Å². The number of carboxylic acid groups (broad SMARTS) is 1. The second-order valence-electron chi connectivity index (χ2n) is 11.6. The molecule has 2 heterocycles. The predicted molar refractivity (Wildman–Crippen MR) is 175 cm³/mol. The minimum atomic E-state index is -1.36. The van der Waals surface area contributed by atoms with E-state index in [-0.39, 0.29) is 43.7 Å². The summed E-state index contributed by atoms with van der Waals surface area (Å²) in [4.78, 5) is 56.0. The lowest BCUT2D eigenvalue weighted by Gasteiger charge is -2.28. The summed E-state index contributed by atoms with van der Waals surface area (Å²) in [5.74, 6) is -1.18. The van der Waals surface area contributed by atoms with Crippen molar-refractivity contribution in [2.75, 3.05) is 26.3 Å². The van der Waals surface area contributed by atoms with Crippen molar-refractivity contribution in [3.63, 3.8) is 0 Å². The van der Waals surface area contributed by atoms with E-state index >= 15 is 0 Å². The van der Waals surface area contributed by atoms with Gasteiger partial charge in [0.15, 0.2) is 0 Å². The van der Waals surface area contributed by atoms with Crippen LogP contribution in [0.15, 0.2) is 65.1 Å². The zero-order chi connectivity index (χ0) is 35.1. The van der Waals surface area contributed by atoms with Gasteiger partial charge in [-0.3, -0.25) is 25.1 Å². The molecule has 5 rings (SSSR count). The Morgan fingerprint density at radius 3 is 2.51 bits per heavy atom. The molecule has 1 aliphatic carbocycles. The maximum absolute atomic E-state index is 13.6. The number of hydrogen-bond acceptors (Lipinski definition) is 9. The van der Waals surface area contributed by atoms with Gasteiger partial charge in [0.1, 0.15) is 29.2 Å². The Morgan fingerprint density at radius 1 is 1.14 bits per heavy atom. The molecule has 2 aliphatic rings. The van der Waals surface area contributed by atoms with Gasteiger partial charge >= 0.3 is 6.09 Å². The molecule has 5 N–H and O–H groups in total. The molecule has 1 aromatic heterocycles. The Kier molecular flexibility index (Phi) is 10.8. The summed E-state index contributed by atoms with van der Waals surface area (Å²) < 4.78 is 24.6. The van der Waals surface area contributed by atoms with Crippen molar-refractivity contribution in [1.82, 2.24) is 20.9 Å². The van der Waals surface area contributed by atoms with Crippen molar-refractivity contribution in [3.05, 3.63) is 92.2 Å². The van der Waals surface area contributed by atoms with Crippen LogP contribution < -0.4 is 20.7 Å². The Hall–Kier alpha value is -5.51. The molecule has 0 unspecified atom stereocenters. The molecule has 2 fully saturated rings. The van der Waals surface area contributed by atoms with Crippen LogP contribution in [0.25, 0.3) is 10.4 Å². The van der Waals surface area contributed by atoms with Gasteiger partial charge in [0.05, 0.1) is 25.8 Å². The smallest absolute Gasteiger partial charge is 0.410 e. The average molecular weight is 693 g/mol. The van der Waals surface area contributed by atoms with Crippen LogP contribution in [0, 0.1) is 16.6 Å². The van der Waals surface area contributed by atoms with Crippen LogP contribution in [0.1, 0.15) is 46.6 Å². The molecule has 4 amide bonds. The van der Waals surface area contributed by atoms with E-state index in [2.05, 4.69) is 20.7 Å². The number of piperidine rings is 1. The van der Waals surface area contributed by atoms with Gasteiger partial charge < -0.3 is 30.1 Å². The zero-order valence-corrected chi connectivity index (χ0v) is 27.0. The molecule has 3 aromatic rings. The molecule has 1 saturated heterocycles. The first-order valence-corrected chi connectivity index (χ1v) is 16.1. The highest BCUT2D eigenvalue weighted by Crippen LogP contribution is 2.59. The van der Waals surface area contributed by atoms with Gasteiger partial charge in [-0.1, -0.05) is 5.11 Å². The van der Waals surface area contributed by atoms with Crippen molar-refractivity contribution < 1.29 is 38.1 Å². The van der Waals surface area contributed by atoms with Crippen LogP contribution >= 0.6 is 11.3 Å². The number of carbonyl (C=O) groups excluding carboxylic acids is 3. The number of nitrogens with one attached hydrogen (secondary N) is 4. The number of azide groups is 1. The lowest BCUT2D eigenvalue weighted by molar-refractivity contribution is -0.139. The second kappa shape index (κ2) is 15.1. The molecular formula is C32H33FN8O7S. The highest BCUT2D eigenvalue weighted by atomic mass is 32.1. The molecule has 0 radical (unpaired) electrons. The predicted octanol–water partition coefficient (Wildman–Crippen LogP) is 4.57. The lowest BCUT2D eigenvalue weighted by Crippen LogP contribution is -2.51. The normalized spacial score (nSPS) is 19.5. The van der Waals surface area contributed by atoms with Crippen molar-refractivity contribution in [2.45, 2.75) is 37.9 Å². The van der Waals surface area contributed by atoms with E-state index in [9.17, 15) is 23.6 Å². The highest BCUT2D eigenvalue weighted by Gasteiger charge is 2.67. The molecule has 0 bridgehead atoms. The molecule has 49 heavy (non-hydrogen) atoms. The van der Waals surface area contributed by atoms with Crippen LogP contribution in [-0.2, 0) is 14.3 Å². The molecule has 17 heteroatoms. The summed E-state index contributed by atoms with van der Waals surface area (Å²) in [6, 6.07) is 11.7. The van der Waals surface area contributed by atoms with Gasteiger partial charge in [-0.15, -0.1) is 11.3 Å². The number of amides is 4. The number of amidine groups is 1.